The minimum atomic E-state index is -4.47. The van der Waals surface area contributed by atoms with Crippen LogP contribution in [-0.4, -0.2) is 36.2 Å². The van der Waals surface area contributed by atoms with Gasteiger partial charge in [-0.05, 0) is 47.5 Å². The van der Waals surface area contributed by atoms with E-state index in [1.54, 1.807) is 60.7 Å². The molecule has 0 N–H and O–H groups in total. The molecular formula is C26H19Cl2F3N2O3S. The molecule has 4 aromatic rings. The standard InChI is InChI=1S/C26H19Cl2F3N2O3S/c1-37(35,36)19-5-2-4-17(14-19)16-8-10-18(11-9-16)33-15-22(23(34)12-13-26(29,30)31)32-25(33)24-20(27)6-3-7-21(24)28/h2-11,14-15H,12-13H2,1H3. The molecule has 1 aromatic heterocycles. The molecule has 0 saturated carbocycles. The first kappa shape index (κ1) is 26.9. The van der Waals surface area contributed by atoms with Crippen molar-refractivity contribution < 1.29 is 26.4 Å². The quantitative estimate of drug-likeness (QED) is 0.218. The third-order valence-electron chi connectivity index (χ3n) is 5.55. The van der Waals surface area contributed by atoms with Gasteiger partial charge in [0.05, 0.1) is 26.9 Å². The molecule has 0 saturated heterocycles. The number of halogens is 5. The fraction of sp³-hybridized carbons (Fsp3) is 0.154. The molecule has 0 bridgehead atoms. The lowest BCUT2D eigenvalue weighted by Crippen LogP contribution is -2.11. The Bertz CT molecular complexity index is 1560. The van der Waals surface area contributed by atoms with Crippen molar-refractivity contribution in [3.63, 3.8) is 0 Å². The lowest BCUT2D eigenvalue weighted by molar-refractivity contribution is -0.133. The first-order chi connectivity index (χ1) is 17.3. The van der Waals surface area contributed by atoms with E-state index in [0.29, 0.717) is 16.8 Å². The van der Waals surface area contributed by atoms with Crippen molar-refractivity contribution in [1.29, 1.82) is 0 Å². The average Bonchev–Trinajstić information content (AvgIpc) is 3.27. The number of nitrogens with zero attached hydrogens (tertiary/aromatic N) is 2. The van der Waals surface area contributed by atoms with Gasteiger partial charge in [-0.25, -0.2) is 13.4 Å². The van der Waals surface area contributed by atoms with Crippen LogP contribution >= 0.6 is 23.2 Å². The first-order valence-corrected chi connectivity index (χ1v) is 13.5. The highest BCUT2D eigenvalue weighted by atomic mass is 35.5. The summed E-state index contributed by atoms with van der Waals surface area (Å²) in [6.45, 7) is 0. The van der Waals surface area contributed by atoms with E-state index in [9.17, 15) is 26.4 Å². The van der Waals surface area contributed by atoms with E-state index in [4.69, 9.17) is 23.2 Å². The van der Waals surface area contributed by atoms with Crippen LogP contribution in [0, 0.1) is 0 Å². The summed E-state index contributed by atoms with van der Waals surface area (Å²) in [6, 6.07) is 18.2. The highest BCUT2D eigenvalue weighted by Crippen LogP contribution is 2.36. The Kier molecular flexibility index (Phi) is 7.50. The molecule has 4 rings (SSSR count). The van der Waals surface area contributed by atoms with Gasteiger partial charge in [-0.2, -0.15) is 13.2 Å². The van der Waals surface area contributed by atoms with Gasteiger partial charge >= 0.3 is 6.18 Å². The van der Waals surface area contributed by atoms with Crippen molar-refractivity contribution in [3.8, 4) is 28.2 Å². The summed E-state index contributed by atoms with van der Waals surface area (Å²) in [4.78, 5) is 17.0. The molecule has 11 heteroatoms. The van der Waals surface area contributed by atoms with Crippen LogP contribution in [0.15, 0.2) is 77.8 Å². The summed E-state index contributed by atoms with van der Waals surface area (Å²) >= 11 is 12.7. The number of hydrogen-bond donors (Lipinski definition) is 0. The number of aromatic nitrogens is 2. The fourth-order valence-electron chi connectivity index (χ4n) is 3.70. The van der Waals surface area contributed by atoms with Crippen molar-refractivity contribution in [1.82, 2.24) is 9.55 Å². The Labute approximate surface area is 221 Å². The zero-order valence-electron chi connectivity index (χ0n) is 19.3. The Morgan fingerprint density at radius 3 is 2.16 bits per heavy atom. The maximum Gasteiger partial charge on any atom is 0.389 e. The number of Topliss-reactive ketones (excluding diaryl/α,β-unsaturated/α-hetero) is 1. The molecule has 0 amide bonds. The first-order valence-electron chi connectivity index (χ1n) is 10.9. The summed E-state index contributed by atoms with van der Waals surface area (Å²) in [6.07, 6.45) is -4.00. The molecule has 0 aliphatic rings. The van der Waals surface area contributed by atoms with Crippen molar-refractivity contribution in [3.05, 3.63) is 88.7 Å². The number of rotatable bonds is 7. The Morgan fingerprint density at radius 2 is 1.57 bits per heavy atom. The minimum absolute atomic E-state index is 0.153. The van der Waals surface area contributed by atoms with E-state index in [1.807, 2.05) is 0 Å². The van der Waals surface area contributed by atoms with E-state index in [1.165, 1.54) is 16.8 Å². The fourth-order valence-corrected chi connectivity index (χ4v) is 4.94. The molecule has 37 heavy (non-hydrogen) atoms. The highest BCUT2D eigenvalue weighted by molar-refractivity contribution is 7.90. The topological polar surface area (TPSA) is 69.0 Å². The summed E-state index contributed by atoms with van der Waals surface area (Å²) in [5.41, 5.74) is 2.12. The van der Waals surface area contributed by atoms with Crippen molar-refractivity contribution >= 4 is 38.8 Å². The smallest absolute Gasteiger partial charge is 0.299 e. The van der Waals surface area contributed by atoms with Gasteiger partial charge in [0, 0.05) is 24.6 Å². The third kappa shape index (κ3) is 6.23. The van der Waals surface area contributed by atoms with E-state index in [2.05, 4.69) is 4.98 Å². The molecule has 0 aliphatic carbocycles. The number of alkyl halides is 3. The predicted molar refractivity (Wildman–Crippen MR) is 137 cm³/mol. The van der Waals surface area contributed by atoms with Gasteiger partial charge in [0.15, 0.2) is 15.6 Å². The largest absolute Gasteiger partial charge is 0.389 e. The average molecular weight is 567 g/mol. The Morgan fingerprint density at radius 1 is 0.946 bits per heavy atom. The van der Waals surface area contributed by atoms with Crippen LogP contribution in [0.2, 0.25) is 10.0 Å². The number of carbonyl (C=O) groups is 1. The maximum atomic E-state index is 12.7. The molecule has 3 aromatic carbocycles. The molecule has 1 heterocycles. The van der Waals surface area contributed by atoms with Gasteiger partial charge < -0.3 is 0 Å². The minimum Gasteiger partial charge on any atom is -0.299 e. The molecule has 0 fully saturated rings. The van der Waals surface area contributed by atoms with Gasteiger partial charge in [0.2, 0.25) is 0 Å². The van der Waals surface area contributed by atoms with Gasteiger partial charge in [-0.3, -0.25) is 9.36 Å². The van der Waals surface area contributed by atoms with E-state index in [0.717, 1.165) is 11.8 Å². The summed E-state index contributed by atoms with van der Waals surface area (Å²) < 4.78 is 63.4. The van der Waals surface area contributed by atoms with Crippen LogP contribution < -0.4 is 0 Å². The number of imidazole rings is 1. The number of benzene rings is 3. The molecule has 0 atom stereocenters. The van der Waals surface area contributed by atoms with Crippen LogP contribution in [0.3, 0.4) is 0 Å². The SMILES string of the molecule is CS(=O)(=O)c1cccc(-c2ccc(-n3cc(C(=O)CCC(F)(F)F)nc3-c3c(Cl)cccc3Cl)cc2)c1. The van der Waals surface area contributed by atoms with Crippen LogP contribution in [0.1, 0.15) is 23.3 Å². The number of carbonyl (C=O) groups excluding carboxylic acids is 1. The third-order valence-corrected chi connectivity index (χ3v) is 7.29. The van der Waals surface area contributed by atoms with E-state index >= 15 is 0 Å². The predicted octanol–water partition coefficient (Wildman–Crippen LogP) is 7.44. The molecule has 0 aliphatic heterocycles. The lowest BCUT2D eigenvalue weighted by Gasteiger charge is -2.11. The summed E-state index contributed by atoms with van der Waals surface area (Å²) in [5.74, 6) is -0.576. The number of sulfone groups is 1. The van der Waals surface area contributed by atoms with Crippen LogP contribution in [-0.2, 0) is 9.84 Å². The summed E-state index contributed by atoms with van der Waals surface area (Å²) in [7, 11) is -3.39. The zero-order chi connectivity index (χ0) is 27.0. The van der Waals surface area contributed by atoms with Crippen LogP contribution in [0.25, 0.3) is 28.2 Å². The highest BCUT2D eigenvalue weighted by Gasteiger charge is 2.29. The van der Waals surface area contributed by atoms with Gasteiger partial charge in [-0.15, -0.1) is 0 Å². The number of hydrogen-bond acceptors (Lipinski definition) is 4. The Hall–Kier alpha value is -3.14. The molecule has 5 nitrogen and oxygen atoms in total. The maximum absolute atomic E-state index is 12.7. The second kappa shape index (κ2) is 10.3. The molecule has 0 unspecified atom stereocenters. The normalized spacial score (nSPS) is 12.1. The van der Waals surface area contributed by atoms with Crippen LogP contribution in [0.4, 0.5) is 13.2 Å². The van der Waals surface area contributed by atoms with Crippen LogP contribution in [0.5, 0.6) is 0 Å². The molecule has 0 spiro atoms. The van der Waals surface area contributed by atoms with E-state index < -0.39 is 34.6 Å². The Balaban J connectivity index is 1.77. The van der Waals surface area contributed by atoms with Crippen molar-refractivity contribution in [2.24, 2.45) is 0 Å². The number of ketones is 1. The zero-order valence-corrected chi connectivity index (χ0v) is 21.6. The van der Waals surface area contributed by atoms with Crippen molar-refractivity contribution in [2.75, 3.05) is 6.26 Å². The molecular weight excluding hydrogens is 548 g/mol. The lowest BCUT2D eigenvalue weighted by atomic mass is 10.1. The molecule has 192 valence electrons. The molecule has 0 radical (unpaired) electrons. The second-order valence-corrected chi connectivity index (χ2v) is 11.1. The summed E-state index contributed by atoms with van der Waals surface area (Å²) in [5, 5.41) is 0.505. The van der Waals surface area contributed by atoms with E-state index in [-0.39, 0.29) is 26.5 Å². The van der Waals surface area contributed by atoms with Gasteiger partial charge in [0.25, 0.3) is 0 Å². The van der Waals surface area contributed by atoms with Gasteiger partial charge in [0.1, 0.15) is 11.5 Å². The van der Waals surface area contributed by atoms with Gasteiger partial charge in [-0.1, -0.05) is 53.5 Å². The second-order valence-electron chi connectivity index (χ2n) is 8.30. The van der Waals surface area contributed by atoms with Crippen molar-refractivity contribution in [2.45, 2.75) is 23.9 Å². The monoisotopic (exact) mass is 566 g/mol.